The molecule has 1 heterocycles. The van der Waals surface area contributed by atoms with Gasteiger partial charge < -0.3 is 9.64 Å². The summed E-state index contributed by atoms with van der Waals surface area (Å²) in [5, 5.41) is 8.78. The quantitative estimate of drug-likeness (QED) is 0.298. The molecule has 6 nitrogen and oxygen atoms in total. The van der Waals surface area contributed by atoms with E-state index in [1.807, 2.05) is 79.1 Å². The van der Waals surface area contributed by atoms with E-state index in [1.165, 1.54) is 17.8 Å². The summed E-state index contributed by atoms with van der Waals surface area (Å²) in [6.45, 7) is 4.39. The minimum Gasteiger partial charge on any atom is -0.483 e. The lowest BCUT2D eigenvalue weighted by atomic mass is 10.2. The van der Waals surface area contributed by atoms with Gasteiger partial charge in [-0.2, -0.15) is 0 Å². The van der Waals surface area contributed by atoms with Gasteiger partial charge in [0.05, 0.1) is 5.25 Å². The van der Waals surface area contributed by atoms with Crippen LogP contribution in [0.25, 0.3) is 5.69 Å². The lowest BCUT2D eigenvalue weighted by Gasteiger charge is -2.24. The molecular formula is C26H25FN4O2S. The first-order chi connectivity index (χ1) is 16.6. The van der Waals surface area contributed by atoms with E-state index in [9.17, 15) is 9.18 Å². The summed E-state index contributed by atoms with van der Waals surface area (Å²) in [7, 11) is 0. The first-order valence-electron chi connectivity index (χ1n) is 11.0. The summed E-state index contributed by atoms with van der Waals surface area (Å²) in [6, 6.07) is 25.4. The van der Waals surface area contributed by atoms with Crippen molar-refractivity contribution in [3.8, 4) is 11.4 Å². The first-order valence-corrected chi connectivity index (χ1v) is 11.9. The molecule has 4 aromatic rings. The van der Waals surface area contributed by atoms with Crippen molar-refractivity contribution in [2.24, 2.45) is 0 Å². The fourth-order valence-corrected chi connectivity index (χ4v) is 4.46. The van der Waals surface area contributed by atoms with Crippen molar-refractivity contribution in [2.75, 3.05) is 11.4 Å². The van der Waals surface area contributed by atoms with Crippen LogP contribution in [0.1, 0.15) is 19.7 Å². The Morgan fingerprint density at radius 3 is 2.32 bits per heavy atom. The van der Waals surface area contributed by atoms with Gasteiger partial charge in [-0.3, -0.25) is 9.36 Å². The molecule has 4 rings (SSSR count). The Labute approximate surface area is 202 Å². The standard InChI is InChI=1S/C26H25FN4O2S/c1-3-30(20-12-6-4-7-13-20)25(32)19(2)34-26-29-28-24(31(26)21-14-8-5-9-15-21)18-33-23-17-11-10-16-22(23)27/h4-17,19H,3,18H2,1-2H3. The number of anilines is 1. The number of benzene rings is 3. The Morgan fingerprint density at radius 1 is 1.00 bits per heavy atom. The van der Waals surface area contributed by atoms with Crippen LogP contribution < -0.4 is 9.64 Å². The van der Waals surface area contributed by atoms with Crippen LogP contribution in [0.3, 0.4) is 0 Å². The zero-order chi connectivity index (χ0) is 23.9. The van der Waals surface area contributed by atoms with Gasteiger partial charge in [0.1, 0.15) is 6.61 Å². The van der Waals surface area contributed by atoms with Crippen molar-refractivity contribution in [1.82, 2.24) is 14.8 Å². The summed E-state index contributed by atoms with van der Waals surface area (Å²) < 4.78 is 21.5. The van der Waals surface area contributed by atoms with Crippen LogP contribution in [-0.4, -0.2) is 32.5 Å². The molecule has 1 amide bonds. The Morgan fingerprint density at radius 2 is 1.65 bits per heavy atom. The molecule has 0 bridgehead atoms. The van der Waals surface area contributed by atoms with Crippen LogP contribution in [0, 0.1) is 5.82 Å². The maximum Gasteiger partial charge on any atom is 0.240 e. The number of carbonyl (C=O) groups is 1. The van der Waals surface area contributed by atoms with Crippen molar-refractivity contribution < 1.29 is 13.9 Å². The highest BCUT2D eigenvalue weighted by Crippen LogP contribution is 2.28. The van der Waals surface area contributed by atoms with Crippen LogP contribution in [-0.2, 0) is 11.4 Å². The molecular weight excluding hydrogens is 451 g/mol. The average molecular weight is 477 g/mol. The highest BCUT2D eigenvalue weighted by atomic mass is 32.2. The van der Waals surface area contributed by atoms with Crippen LogP contribution >= 0.6 is 11.8 Å². The van der Waals surface area contributed by atoms with E-state index in [2.05, 4.69) is 10.2 Å². The number of para-hydroxylation sites is 3. The summed E-state index contributed by atoms with van der Waals surface area (Å²) >= 11 is 1.33. The van der Waals surface area contributed by atoms with Gasteiger partial charge in [0.15, 0.2) is 22.5 Å². The lowest BCUT2D eigenvalue weighted by Crippen LogP contribution is -2.36. The van der Waals surface area contributed by atoms with Crippen molar-refractivity contribution in [3.63, 3.8) is 0 Å². The van der Waals surface area contributed by atoms with Crippen LogP contribution in [0.2, 0.25) is 0 Å². The van der Waals surface area contributed by atoms with Gasteiger partial charge in [0.25, 0.3) is 0 Å². The van der Waals surface area contributed by atoms with E-state index in [4.69, 9.17) is 4.74 Å². The van der Waals surface area contributed by atoms with Gasteiger partial charge in [-0.25, -0.2) is 4.39 Å². The van der Waals surface area contributed by atoms with Gasteiger partial charge in [-0.1, -0.05) is 60.3 Å². The molecule has 1 aromatic heterocycles. The molecule has 0 aliphatic rings. The fourth-order valence-electron chi connectivity index (χ4n) is 3.51. The normalized spacial score (nSPS) is 11.7. The molecule has 34 heavy (non-hydrogen) atoms. The number of aromatic nitrogens is 3. The second-order valence-corrected chi connectivity index (χ2v) is 8.77. The number of halogens is 1. The summed E-state index contributed by atoms with van der Waals surface area (Å²) in [5.74, 6) is 0.185. The molecule has 0 fully saturated rings. The first kappa shape index (κ1) is 23.5. The minimum atomic E-state index is -0.442. The molecule has 0 aliphatic carbocycles. The van der Waals surface area contributed by atoms with Gasteiger partial charge in [-0.05, 0) is 50.2 Å². The number of thioether (sulfide) groups is 1. The third-order valence-corrected chi connectivity index (χ3v) is 6.22. The van der Waals surface area contributed by atoms with Gasteiger partial charge in [0, 0.05) is 17.9 Å². The molecule has 174 valence electrons. The zero-order valence-corrected chi connectivity index (χ0v) is 19.8. The van der Waals surface area contributed by atoms with Gasteiger partial charge in [-0.15, -0.1) is 10.2 Å². The molecule has 3 aromatic carbocycles. The smallest absolute Gasteiger partial charge is 0.240 e. The maximum atomic E-state index is 14.0. The highest BCUT2D eigenvalue weighted by Gasteiger charge is 2.25. The Hall–Kier alpha value is -3.65. The monoisotopic (exact) mass is 476 g/mol. The van der Waals surface area contributed by atoms with Crippen LogP contribution in [0.4, 0.5) is 10.1 Å². The average Bonchev–Trinajstić information content (AvgIpc) is 3.27. The fraction of sp³-hybridized carbons (Fsp3) is 0.192. The number of ether oxygens (including phenoxy) is 1. The van der Waals surface area contributed by atoms with Crippen LogP contribution in [0.5, 0.6) is 5.75 Å². The van der Waals surface area contributed by atoms with E-state index < -0.39 is 11.1 Å². The second kappa shape index (κ2) is 11.0. The molecule has 0 aliphatic heterocycles. The summed E-state index contributed by atoms with van der Waals surface area (Å²) in [5.41, 5.74) is 1.68. The second-order valence-electron chi connectivity index (χ2n) is 7.47. The Bertz CT molecular complexity index is 1230. The maximum absolute atomic E-state index is 14.0. The molecule has 0 spiro atoms. The van der Waals surface area contributed by atoms with E-state index in [1.54, 1.807) is 23.1 Å². The highest BCUT2D eigenvalue weighted by molar-refractivity contribution is 8.00. The molecule has 1 atom stereocenters. The number of hydrogen-bond donors (Lipinski definition) is 0. The topological polar surface area (TPSA) is 60.3 Å². The minimum absolute atomic E-state index is 0.0227. The van der Waals surface area contributed by atoms with Crippen molar-refractivity contribution in [1.29, 1.82) is 0 Å². The van der Waals surface area contributed by atoms with E-state index >= 15 is 0 Å². The summed E-state index contributed by atoms with van der Waals surface area (Å²) in [6.07, 6.45) is 0. The number of amides is 1. The summed E-state index contributed by atoms with van der Waals surface area (Å²) in [4.78, 5) is 15.0. The van der Waals surface area contributed by atoms with Gasteiger partial charge >= 0.3 is 0 Å². The largest absolute Gasteiger partial charge is 0.483 e. The predicted molar refractivity (Wildman–Crippen MR) is 132 cm³/mol. The van der Waals surface area contributed by atoms with E-state index in [0.29, 0.717) is 17.5 Å². The van der Waals surface area contributed by atoms with Crippen molar-refractivity contribution in [2.45, 2.75) is 30.9 Å². The molecule has 0 saturated heterocycles. The van der Waals surface area contributed by atoms with E-state index in [-0.39, 0.29) is 18.3 Å². The molecule has 0 N–H and O–H groups in total. The van der Waals surface area contributed by atoms with E-state index in [0.717, 1.165) is 11.4 Å². The number of hydrogen-bond acceptors (Lipinski definition) is 5. The molecule has 0 radical (unpaired) electrons. The SMILES string of the molecule is CCN(C(=O)C(C)Sc1nnc(COc2ccccc2F)n1-c1ccccc1)c1ccccc1. The zero-order valence-electron chi connectivity index (χ0n) is 19.0. The third kappa shape index (κ3) is 5.28. The molecule has 8 heteroatoms. The lowest BCUT2D eigenvalue weighted by molar-refractivity contribution is -0.117. The number of nitrogens with zero attached hydrogens (tertiary/aromatic N) is 4. The van der Waals surface area contributed by atoms with Gasteiger partial charge in [0.2, 0.25) is 5.91 Å². The molecule has 0 saturated carbocycles. The van der Waals surface area contributed by atoms with Crippen molar-refractivity contribution in [3.05, 3.63) is 96.6 Å². The van der Waals surface area contributed by atoms with Crippen molar-refractivity contribution >= 4 is 23.4 Å². The Kier molecular flexibility index (Phi) is 7.59. The molecule has 1 unspecified atom stereocenters. The van der Waals surface area contributed by atoms with Crippen LogP contribution in [0.15, 0.2) is 90.1 Å². The number of rotatable bonds is 9. The third-order valence-electron chi connectivity index (χ3n) is 5.19. The Balaban J connectivity index is 1.59. The number of carbonyl (C=O) groups excluding carboxylic acids is 1. The predicted octanol–water partition coefficient (Wildman–Crippen LogP) is 5.52.